The minimum absolute atomic E-state index is 0.00802. The minimum Gasteiger partial charge on any atom is -0.377 e. The monoisotopic (exact) mass is 500 g/mol. The lowest BCUT2D eigenvalue weighted by molar-refractivity contribution is 0.0132. The lowest BCUT2D eigenvalue weighted by atomic mass is 9.84. The quantitative estimate of drug-likeness (QED) is 0.537. The molecular formula is C25H30ClFN6O2. The van der Waals surface area contributed by atoms with E-state index in [1.54, 1.807) is 19.5 Å². The molecule has 1 N–H and O–H groups in total. The van der Waals surface area contributed by atoms with Crippen LogP contribution >= 0.6 is 11.6 Å². The zero-order valence-electron chi connectivity index (χ0n) is 20.0. The molecule has 4 heterocycles. The summed E-state index contributed by atoms with van der Waals surface area (Å²) in [6.07, 6.45) is 5.49. The van der Waals surface area contributed by atoms with E-state index in [0.29, 0.717) is 42.6 Å². The van der Waals surface area contributed by atoms with Crippen molar-refractivity contribution >= 4 is 34.1 Å². The molecule has 0 radical (unpaired) electrons. The number of fused-ring (bicyclic) bond motifs is 1. The number of alkyl halides is 1. The van der Waals surface area contributed by atoms with Gasteiger partial charge in [-0.25, -0.2) is 19.0 Å². The van der Waals surface area contributed by atoms with Gasteiger partial charge in [0.1, 0.15) is 6.17 Å². The predicted molar refractivity (Wildman–Crippen MR) is 132 cm³/mol. The average Bonchev–Trinajstić information content (AvgIpc) is 3.47. The van der Waals surface area contributed by atoms with E-state index in [9.17, 15) is 0 Å². The molecule has 3 aliphatic rings. The van der Waals surface area contributed by atoms with Crippen LogP contribution in [0.2, 0.25) is 5.15 Å². The van der Waals surface area contributed by atoms with Crippen LogP contribution in [0.1, 0.15) is 42.3 Å². The van der Waals surface area contributed by atoms with E-state index >= 15 is 4.39 Å². The van der Waals surface area contributed by atoms with Gasteiger partial charge < -0.3 is 14.8 Å². The lowest BCUT2D eigenvalue weighted by Gasteiger charge is -2.39. The van der Waals surface area contributed by atoms with Gasteiger partial charge in [0.25, 0.3) is 0 Å². The van der Waals surface area contributed by atoms with Gasteiger partial charge in [0.05, 0.1) is 48.8 Å². The highest BCUT2D eigenvalue weighted by atomic mass is 35.5. The number of hydrogen-bond acceptors (Lipinski definition) is 7. The maximum atomic E-state index is 15.5. The number of ether oxygens (including phenoxy) is 2. The van der Waals surface area contributed by atoms with E-state index in [-0.39, 0.29) is 18.1 Å². The van der Waals surface area contributed by atoms with E-state index in [2.05, 4.69) is 26.4 Å². The molecule has 35 heavy (non-hydrogen) atoms. The summed E-state index contributed by atoms with van der Waals surface area (Å²) in [5.74, 6) is 0.277. The highest BCUT2D eigenvalue weighted by Crippen LogP contribution is 2.39. The Morgan fingerprint density at radius 2 is 2.06 bits per heavy atom. The lowest BCUT2D eigenvalue weighted by Crippen LogP contribution is -2.51. The molecule has 0 spiro atoms. The molecule has 1 aromatic carbocycles. The highest BCUT2D eigenvalue weighted by Gasteiger charge is 2.39. The number of benzene rings is 1. The van der Waals surface area contributed by atoms with E-state index < -0.39 is 6.17 Å². The second-order valence-electron chi connectivity index (χ2n) is 9.90. The number of methoxy groups -OCH3 is 1. The molecule has 1 aliphatic carbocycles. The molecule has 0 amide bonds. The van der Waals surface area contributed by atoms with Crippen LogP contribution in [0.5, 0.6) is 0 Å². The topological polar surface area (TPSA) is 77.3 Å². The maximum Gasteiger partial charge on any atom is 0.227 e. The molecule has 3 fully saturated rings. The number of nitrogens with one attached hydrogen (secondary N) is 1. The Hall–Kier alpha value is -2.33. The van der Waals surface area contributed by atoms with Crippen molar-refractivity contribution in [3.05, 3.63) is 40.8 Å². The standard InChI is InChI=1S/C25H30ClFN6O2/c1-14-7-15-9-28-25(31-21-10-29-33(24(21)26)16-3-4-16)30-20(15)8-18(14)17-5-6-32(11-19(17)27)22-12-35-13-23(22)34-2/h7-10,16-17,19,22-23H,3-6,11-13H2,1-2H3,(H,28,30,31)/t17-,19+,22-,23+/m0/s1. The predicted octanol–water partition coefficient (Wildman–Crippen LogP) is 4.41. The summed E-state index contributed by atoms with van der Waals surface area (Å²) in [5, 5.41) is 9.07. The number of piperidine rings is 1. The first-order valence-electron chi connectivity index (χ1n) is 12.3. The van der Waals surface area contributed by atoms with Crippen LogP contribution in [-0.4, -0.2) is 76.4 Å². The van der Waals surface area contributed by atoms with Gasteiger partial charge in [-0.2, -0.15) is 5.10 Å². The molecule has 0 bridgehead atoms. The van der Waals surface area contributed by atoms with Gasteiger partial charge in [0, 0.05) is 31.2 Å². The van der Waals surface area contributed by atoms with Crippen LogP contribution in [-0.2, 0) is 9.47 Å². The fourth-order valence-electron chi connectivity index (χ4n) is 5.46. The Bertz CT molecular complexity index is 1230. The van der Waals surface area contributed by atoms with Crippen LogP contribution in [0, 0.1) is 6.92 Å². The fourth-order valence-corrected chi connectivity index (χ4v) is 5.74. The normalized spacial score (nSPS) is 27.5. The van der Waals surface area contributed by atoms with Gasteiger partial charge in [-0.1, -0.05) is 11.6 Å². The third-order valence-corrected chi connectivity index (χ3v) is 7.96. The van der Waals surface area contributed by atoms with E-state index in [1.165, 1.54) is 0 Å². The van der Waals surface area contributed by atoms with E-state index in [0.717, 1.165) is 47.8 Å². The van der Waals surface area contributed by atoms with Crippen molar-refractivity contribution in [1.29, 1.82) is 0 Å². The molecule has 2 aliphatic heterocycles. The van der Waals surface area contributed by atoms with Crippen molar-refractivity contribution in [2.45, 2.75) is 56.5 Å². The summed E-state index contributed by atoms with van der Waals surface area (Å²) in [6.45, 7) is 4.41. The molecule has 4 atom stereocenters. The molecule has 0 unspecified atom stereocenters. The van der Waals surface area contributed by atoms with Crippen molar-refractivity contribution in [3.63, 3.8) is 0 Å². The zero-order valence-corrected chi connectivity index (χ0v) is 20.7. The first-order valence-corrected chi connectivity index (χ1v) is 12.7. The van der Waals surface area contributed by atoms with Crippen molar-refractivity contribution in [3.8, 4) is 0 Å². The molecule has 2 saturated heterocycles. The van der Waals surface area contributed by atoms with Crippen LogP contribution in [0.3, 0.4) is 0 Å². The summed E-state index contributed by atoms with van der Waals surface area (Å²) in [7, 11) is 1.70. The van der Waals surface area contributed by atoms with Gasteiger partial charge in [0.2, 0.25) is 5.95 Å². The van der Waals surface area contributed by atoms with E-state index in [4.69, 9.17) is 26.1 Å². The van der Waals surface area contributed by atoms with Crippen LogP contribution in [0.4, 0.5) is 16.0 Å². The molecule has 3 aromatic rings. The number of hydrogen-bond donors (Lipinski definition) is 1. The Balaban J connectivity index is 1.22. The third kappa shape index (κ3) is 4.39. The molecule has 2 aromatic heterocycles. The zero-order chi connectivity index (χ0) is 24.1. The number of nitrogens with zero attached hydrogens (tertiary/aromatic N) is 5. The summed E-state index contributed by atoms with van der Waals surface area (Å²) in [6, 6.07) is 4.59. The van der Waals surface area contributed by atoms with E-state index in [1.807, 2.05) is 17.7 Å². The number of anilines is 2. The SMILES string of the molecule is CO[C@@H]1COC[C@@H]1N1CC[C@@H](c2cc3nc(Nc4cnn(C5CC5)c4Cl)ncc3cc2C)[C@H](F)C1. The first-order chi connectivity index (χ1) is 17.0. The molecule has 186 valence electrons. The Kier molecular flexibility index (Phi) is 6.12. The van der Waals surface area contributed by atoms with Crippen molar-refractivity contribution in [1.82, 2.24) is 24.6 Å². The molecule has 8 nitrogen and oxygen atoms in total. The number of halogens is 2. The van der Waals surface area contributed by atoms with Crippen molar-refractivity contribution < 1.29 is 13.9 Å². The number of likely N-dealkylation sites (tertiary alicyclic amines) is 1. The van der Waals surface area contributed by atoms with Gasteiger partial charge in [-0.3, -0.25) is 4.90 Å². The smallest absolute Gasteiger partial charge is 0.227 e. The molecule has 10 heteroatoms. The molecular weight excluding hydrogens is 471 g/mol. The third-order valence-electron chi connectivity index (χ3n) is 7.59. The molecule has 6 rings (SSSR count). The number of aromatic nitrogens is 4. The fraction of sp³-hybridized carbons (Fsp3) is 0.560. The number of rotatable bonds is 6. The first kappa shape index (κ1) is 23.1. The van der Waals surface area contributed by atoms with Gasteiger partial charge in [0.15, 0.2) is 5.15 Å². The Morgan fingerprint density at radius 3 is 2.83 bits per heavy atom. The average molecular weight is 501 g/mol. The maximum absolute atomic E-state index is 15.5. The second-order valence-corrected chi connectivity index (χ2v) is 10.3. The summed E-state index contributed by atoms with van der Waals surface area (Å²) in [4.78, 5) is 11.4. The van der Waals surface area contributed by atoms with Crippen molar-refractivity contribution in [2.75, 3.05) is 38.7 Å². The van der Waals surface area contributed by atoms with Crippen LogP contribution < -0.4 is 5.32 Å². The van der Waals surface area contributed by atoms with Gasteiger partial charge in [-0.05, 0) is 56.0 Å². The largest absolute Gasteiger partial charge is 0.377 e. The molecule has 1 saturated carbocycles. The van der Waals surface area contributed by atoms with Gasteiger partial charge in [-0.15, -0.1) is 0 Å². The second kappa shape index (κ2) is 9.28. The Morgan fingerprint density at radius 1 is 1.20 bits per heavy atom. The van der Waals surface area contributed by atoms with Crippen LogP contribution in [0.25, 0.3) is 10.9 Å². The summed E-state index contributed by atoms with van der Waals surface area (Å²) < 4.78 is 28.5. The highest BCUT2D eigenvalue weighted by molar-refractivity contribution is 6.32. The van der Waals surface area contributed by atoms with Crippen LogP contribution in [0.15, 0.2) is 24.5 Å². The summed E-state index contributed by atoms with van der Waals surface area (Å²) in [5.41, 5.74) is 3.55. The minimum atomic E-state index is -0.968. The number of aryl methyl sites for hydroxylation is 1. The van der Waals surface area contributed by atoms with Crippen molar-refractivity contribution in [2.24, 2.45) is 0 Å². The summed E-state index contributed by atoms with van der Waals surface area (Å²) >= 11 is 6.49. The van der Waals surface area contributed by atoms with Gasteiger partial charge >= 0.3 is 0 Å². The Labute approximate surface area is 208 Å².